The van der Waals surface area contributed by atoms with Crippen molar-refractivity contribution in [2.24, 2.45) is 11.3 Å². The van der Waals surface area contributed by atoms with Gasteiger partial charge in [-0.1, -0.05) is 6.92 Å². The predicted molar refractivity (Wildman–Crippen MR) is 40.7 cm³/mol. The SMILES string of the molecule is CC1(O)CCC2CC2(C)C1. The number of rotatable bonds is 0. The van der Waals surface area contributed by atoms with Gasteiger partial charge in [0.1, 0.15) is 0 Å². The highest BCUT2D eigenvalue weighted by Gasteiger charge is 2.55. The molecule has 0 amide bonds. The number of hydrogen-bond donors (Lipinski definition) is 1. The Morgan fingerprint density at radius 1 is 1.40 bits per heavy atom. The Balaban J connectivity index is 2.09. The largest absolute Gasteiger partial charge is 0.390 e. The summed E-state index contributed by atoms with van der Waals surface area (Å²) in [6, 6.07) is 0. The summed E-state index contributed by atoms with van der Waals surface area (Å²) in [5.41, 5.74) is 0.184. The summed E-state index contributed by atoms with van der Waals surface area (Å²) in [5.74, 6) is 0.952. The first kappa shape index (κ1) is 6.66. The van der Waals surface area contributed by atoms with Crippen LogP contribution in [0.5, 0.6) is 0 Å². The van der Waals surface area contributed by atoms with Crippen LogP contribution in [0.1, 0.15) is 39.5 Å². The molecule has 2 saturated carbocycles. The summed E-state index contributed by atoms with van der Waals surface area (Å²) in [6.07, 6.45) is 4.67. The Labute approximate surface area is 62.4 Å². The van der Waals surface area contributed by atoms with Crippen molar-refractivity contribution in [2.75, 3.05) is 0 Å². The summed E-state index contributed by atoms with van der Waals surface area (Å²) in [5, 5.41) is 9.74. The van der Waals surface area contributed by atoms with Crippen LogP contribution in [0, 0.1) is 11.3 Å². The molecule has 1 N–H and O–H groups in total. The van der Waals surface area contributed by atoms with Gasteiger partial charge in [0.05, 0.1) is 5.60 Å². The number of aliphatic hydroxyl groups is 1. The Hall–Kier alpha value is -0.0400. The lowest BCUT2D eigenvalue weighted by molar-refractivity contribution is 0.000608. The molecule has 1 nitrogen and oxygen atoms in total. The van der Waals surface area contributed by atoms with Gasteiger partial charge in [-0.15, -0.1) is 0 Å². The third-order valence-corrected chi connectivity index (χ3v) is 3.35. The van der Waals surface area contributed by atoms with E-state index in [4.69, 9.17) is 0 Å². The average molecular weight is 140 g/mol. The van der Waals surface area contributed by atoms with E-state index in [-0.39, 0.29) is 5.60 Å². The fourth-order valence-corrected chi connectivity index (χ4v) is 2.61. The second-order valence-electron chi connectivity index (χ2n) is 4.77. The van der Waals surface area contributed by atoms with Gasteiger partial charge in [-0.05, 0) is 43.9 Å². The van der Waals surface area contributed by atoms with E-state index in [9.17, 15) is 5.11 Å². The molecule has 0 aromatic heterocycles. The van der Waals surface area contributed by atoms with Crippen LogP contribution in [0.15, 0.2) is 0 Å². The second-order valence-corrected chi connectivity index (χ2v) is 4.77. The van der Waals surface area contributed by atoms with Crippen LogP contribution in [-0.4, -0.2) is 10.7 Å². The van der Waals surface area contributed by atoms with Crippen molar-refractivity contribution in [1.29, 1.82) is 0 Å². The standard InChI is InChI=1S/C9H16O/c1-8-5-7(8)3-4-9(2,10)6-8/h7,10H,3-6H2,1-2H3. The molecule has 58 valence electrons. The minimum absolute atomic E-state index is 0.345. The number of fused-ring (bicyclic) bond motifs is 1. The molecular formula is C9H16O. The van der Waals surface area contributed by atoms with E-state index >= 15 is 0 Å². The van der Waals surface area contributed by atoms with E-state index in [2.05, 4.69) is 6.92 Å². The molecule has 3 atom stereocenters. The smallest absolute Gasteiger partial charge is 0.0625 e. The fraction of sp³-hybridized carbons (Fsp3) is 1.00. The van der Waals surface area contributed by atoms with E-state index in [1.807, 2.05) is 6.92 Å². The van der Waals surface area contributed by atoms with Crippen LogP contribution in [0.25, 0.3) is 0 Å². The normalized spacial score (nSPS) is 59.7. The minimum atomic E-state index is -0.345. The molecule has 0 aromatic rings. The zero-order chi connectivity index (χ0) is 7.41. The highest BCUT2D eigenvalue weighted by atomic mass is 16.3. The maximum atomic E-state index is 9.74. The molecule has 2 fully saturated rings. The van der Waals surface area contributed by atoms with E-state index in [0.717, 1.165) is 18.8 Å². The first-order valence-electron chi connectivity index (χ1n) is 4.24. The molecule has 0 aliphatic heterocycles. The Morgan fingerprint density at radius 3 is 2.60 bits per heavy atom. The summed E-state index contributed by atoms with van der Waals surface area (Å²) >= 11 is 0. The fourth-order valence-electron chi connectivity index (χ4n) is 2.61. The predicted octanol–water partition coefficient (Wildman–Crippen LogP) is 1.95. The van der Waals surface area contributed by atoms with Crippen molar-refractivity contribution in [2.45, 2.75) is 45.1 Å². The highest BCUT2D eigenvalue weighted by Crippen LogP contribution is 2.62. The van der Waals surface area contributed by atoms with Crippen molar-refractivity contribution in [1.82, 2.24) is 0 Å². The molecule has 2 rings (SSSR count). The van der Waals surface area contributed by atoms with E-state index in [1.165, 1.54) is 12.8 Å². The van der Waals surface area contributed by atoms with Crippen LogP contribution >= 0.6 is 0 Å². The highest BCUT2D eigenvalue weighted by molar-refractivity contribution is 5.06. The van der Waals surface area contributed by atoms with Gasteiger partial charge in [-0.25, -0.2) is 0 Å². The van der Waals surface area contributed by atoms with Gasteiger partial charge in [-0.3, -0.25) is 0 Å². The van der Waals surface area contributed by atoms with E-state index < -0.39 is 0 Å². The Kier molecular flexibility index (Phi) is 1.05. The first-order chi connectivity index (χ1) is 4.52. The summed E-state index contributed by atoms with van der Waals surface area (Å²) < 4.78 is 0. The van der Waals surface area contributed by atoms with Crippen LogP contribution in [0.4, 0.5) is 0 Å². The zero-order valence-electron chi connectivity index (χ0n) is 6.85. The van der Waals surface area contributed by atoms with Gasteiger partial charge >= 0.3 is 0 Å². The summed E-state index contributed by atoms with van der Waals surface area (Å²) in [7, 11) is 0. The van der Waals surface area contributed by atoms with Crippen LogP contribution in [0.3, 0.4) is 0 Å². The Bertz CT molecular complexity index is 159. The number of hydrogen-bond acceptors (Lipinski definition) is 1. The maximum Gasteiger partial charge on any atom is 0.0625 e. The topological polar surface area (TPSA) is 20.2 Å². The van der Waals surface area contributed by atoms with E-state index in [0.29, 0.717) is 5.41 Å². The lowest BCUT2D eigenvalue weighted by atomic mass is 9.80. The molecule has 2 aliphatic carbocycles. The molecule has 3 unspecified atom stereocenters. The summed E-state index contributed by atoms with van der Waals surface area (Å²) in [4.78, 5) is 0. The third kappa shape index (κ3) is 0.878. The molecule has 1 heteroatoms. The molecule has 2 aliphatic rings. The van der Waals surface area contributed by atoms with Crippen LogP contribution in [0.2, 0.25) is 0 Å². The van der Waals surface area contributed by atoms with Gasteiger partial charge in [0.25, 0.3) is 0 Å². The Morgan fingerprint density at radius 2 is 2.10 bits per heavy atom. The van der Waals surface area contributed by atoms with Gasteiger partial charge in [0, 0.05) is 0 Å². The molecule has 0 spiro atoms. The molecule has 0 bridgehead atoms. The first-order valence-corrected chi connectivity index (χ1v) is 4.24. The molecule has 0 saturated heterocycles. The van der Waals surface area contributed by atoms with Gasteiger partial charge in [0.2, 0.25) is 0 Å². The molecular weight excluding hydrogens is 124 g/mol. The second kappa shape index (κ2) is 1.58. The molecule has 10 heavy (non-hydrogen) atoms. The molecule has 0 aromatic carbocycles. The van der Waals surface area contributed by atoms with Gasteiger partial charge in [-0.2, -0.15) is 0 Å². The van der Waals surface area contributed by atoms with Crippen molar-refractivity contribution < 1.29 is 5.11 Å². The quantitative estimate of drug-likeness (QED) is 0.545. The monoisotopic (exact) mass is 140 g/mol. The average Bonchev–Trinajstić information content (AvgIpc) is 2.35. The molecule has 0 radical (unpaired) electrons. The maximum absolute atomic E-state index is 9.74. The summed E-state index contributed by atoms with van der Waals surface area (Å²) in [6.45, 7) is 4.29. The van der Waals surface area contributed by atoms with Gasteiger partial charge < -0.3 is 5.11 Å². The van der Waals surface area contributed by atoms with E-state index in [1.54, 1.807) is 0 Å². The lowest BCUT2D eigenvalue weighted by Crippen LogP contribution is -2.31. The zero-order valence-corrected chi connectivity index (χ0v) is 6.85. The van der Waals surface area contributed by atoms with Crippen molar-refractivity contribution >= 4 is 0 Å². The minimum Gasteiger partial charge on any atom is -0.390 e. The lowest BCUT2D eigenvalue weighted by Gasteiger charge is -2.31. The van der Waals surface area contributed by atoms with Crippen LogP contribution in [-0.2, 0) is 0 Å². The van der Waals surface area contributed by atoms with Crippen molar-refractivity contribution in [3.8, 4) is 0 Å². The third-order valence-electron chi connectivity index (χ3n) is 3.35. The van der Waals surface area contributed by atoms with Crippen LogP contribution < -0.4 is 0 Å². The van der Waals surface area contributed by atoms with Gasteiger partial charge in [0.15, 0.2) is 0 Å². The van der Waals surface area contributed by atoms with Crippen molar-refractivity contribution in [3.63, 3.8) is 0 Å². The van der Waals surface area contributed by atoms with Crippen molar-refractivity contribution in [3.05, 3.63) is 0 Å². The molecule has 0 heterocycles.